The van der Waals surface area contributed by atoms with Crippen LogP contribution in [0.5, 0.6) is 0 Å². The van der Waals surface area contributed by atoms with E-state index in [1.165, 1.54) is 0 Å². The summed E-state index contributed by atoms with van der Waals surface area (Å²) in [5.74, 6) is 0. The van der Waals surface area contributed by atoms with Crippen molar-refractivity contribution in [2.24, 2.45) is 0 Å². The normalized spacial score (nSPS) is 14.2. The average Bonchev–Trinajstić information content (AvgIpc) is 2.35. The molecule has 0 radical (unpaired) electrons. The summed E-state index contributed by atoms with van der Waals surface area (Å²) in [7, 11) is -4.00. The van der Waals surface area contributed by atoms with Crippen molar-refractivity contribution >= 4 is 26.0 Å². The van der Waals surface area contributed by atoms with Crippen LogP contribution in [-0.4, -0.2) is 27.5 Å². The predicted molar refractivity (Wildman–Crippen MR) is 77.5 cm³/mol. The molecule has 0 aliphatic carbocycles. The van der Waals surface area contributed by atoms with E-state index >= 15 is 0 Å². The molecule has 9 heteroatoms. The molecule has 0 saturated heterocycles. The smallest absolute Gasteiger partial charge is 0.313 e. The fraction of sp³-hybridized carbons (Fsp3) is 0.500. The number of alkyl halides is 3. The van der Waals surface area contributed by atoms with Crippen molar-refractivity contribution in [2.75, 3.05) is 13.1 Å². The van der Waals surface area contributed by atoms with Gasteiger partial charge in [0.2, 0.25) is 10.0 Å². The standard InChI is InChI=1S/C12H16BrF3N2O2S/c1-3-17-8(2)7-18-21(19,20)11-5-9(12(14,15)16)4-10(13)6-11/h4-6,8,17-18H,3,7H2,1-2H3/t8-/m1/s1. The molecule has 0 aliphatic rings. The van der Waals surface area contributed by atoms with Gasteiger partial charge in [-0.25, -0.2) is 13.1 Å². The summed E-state index contributed by atoms with van der Waals surface area (Å²) in [6.07, 6.45) is -4.61. The van der Waals surface area contributed by atoms with Crippen molar-refractivity contribution in [2.45, 2.75) is 31.0 Å². The van der Waals surface area contributed by atoms with E-state index in [4.69, 9.17) is 0 Å². The van der Waals surface area contributed by atoms with Crippen molar-refractivity contribution < 1.29 is 21.6 Å². The maximum Gasteiger partial charge on any atom is 0.416 e. The zero-order valence-corrected chi connectivity index (χ0v) is 13.9. The minimum atomic E-state index is -4.61. The first-order chi connectivity index (χ1) is 9.56. The Kier molecular flexibility index (Phi) is 6.21. The Morgan fingerprint density at radius 1 is 1.29 bits per heavy atom. The summed E-state index contributed by atoms with van der Waals surface area (Å²) in [6.45, 7) is 4.39. The molecule has 120 valence electrons. The number of hydrogen-bond donors (Lipinski definition) is 2. The third-order valence-corrected chi connectivity index (χ3v) is 4.50. The van der Waals surface area contributed by atoms with Crippen LogP contribution in [0.15, 0.2) is 27.6 Å². The molecule has 1 aromatic rings. The predicted octanol–water partition coefficient (Wildman–Crippen LogP) is 2.74. The lowest BCUT2D eigenvalue weighted by molar-refractivity contribution is -0.137. The third kappa shape index (κ3) is 5.57. The van der Waals surface area contributed by atoms with E-state index < -0.39 is 26.7 Å². The molecule has 0 fully saturated rings. The molecule has 0 amide bonds. The molecule has 2 N–H and O–H groups in total. The molecule has 4 nitrogen and oxygen atoms in total. The Hall–Kier alpha value is -0.640. The Morgan fingerprint density at radius 2 is 1.90 bits per heavy atom. The fourth-order valence-corrected chi connectivity index (χ4v) is 3.47. The van der Waals surface area contributed by atoms with E-state index in [2.05, 4.69) is 26.0 Å². The summed E-state index contributed by atoms with van der Waals surface area (Å²) >= 11 is 2.90. The largest absolute Gasteiger partial charge is 0.416 e. The lowest BCUT2D eigenvalue weighted by atomic mass is 10.2. The molecule has 0 bridgehead atoms. The molecule has 0 spiro atoms. The number of likely N-dealkylation sites (N-methyl/N-ethyl adjacent to an activating group) is 1. The molecular formula is C12H16BrF3N2O2S. The molecule has 0 heterocycles. The number of halogens is 4. The highest BCUT2D eigenvalue weighted by atomic mass is 79.9. The SMILES string of the molecule is CCN[C@H](C)CNS(=O)(=O)c1cc(Br)cc(C(F)(F)F)c1. The Balaban J connectivity index is 3.01. The second-order valence-corrected chi connectivity index (χ2v) is 7.17. The van der Waals surface area contributed by atoms with E-state index in [0.717, 1.165) is 12.1 Å². The van der Waals surface area contributed by atoms with E-state index in [-0.39, 0.29) is 17.1 Å². The Labute approximate surface area is 130 Å². The maximum atomic E-state index is 12.7. The molecule has 1 rings (SSSR count). The van der Waals surface area contributed by atoms with Crippen LogP contribution >= 0.6 is 15.9 Å². The van der Waals surface area contributed by atoms with Gasteiger partial charge in [0.1, 0.15) is 0 Å². The molecule has 1 aromatic carbocycles. The van der Waals surface area contributed by atoms with Crippen LogP contribution in [-0.2, 0) is 16.2 Å². The van der Waals surface area contributed by atoms with Crippen LogP contribution < -0.4 is 10.0 Å². The number of sulfonamides is 1. The van der Waals surface area contributed by atoms with Crippen molar-refractivity contribution in [3.63, 3.8) is 0 Å². The van der Waals surface area contributed by atoms with Gasteiger partial charge in [-0.05, 0) is 31.7 Å². The van der Waals surface area contributed by atoms with Gasteiger partial charge < -0.3 is 5.32 Å². The summed E-state index contributed by atoms with van der Waals surface area (Å²) in [5, 5.41) is 3.00. The summed E-state index contributed by atoms with van der Waals surface area (Å²) in [6, 6.07) is 2.46. The molecule has 0 unspecified atom stereocenters. The van der Waals surface area contributed by atoms with E-state index in [9.17, 15) is 21.6 Å². The molecule has 0 saturated carbocycles. The van der Waals surface area contributed by atoms with Gasteiger partial charge in [-0.3, -0.25) is 0 Å². The molecule has 1 atom stereocenters. The van der Waals surface area contributed by atoms with E-state index in [1.807, 2.05) is 6.92 Å². The van der Waals surface area contributed by atoms with Crippen LogP contribution in [0.1, 0.15) is 19.4 Å². The van der Waals surface area contributed by atoms with Gasteiger partial charge in [0.05, 0.1) is 10.5 Å². The number of nitrogens with one attached hydrogen (secondary N) is 2. The van der Waals surface area contributed by atoms with Gasteiger partial charge in [0.15, 0.2) is 0 Å². The Morgan fingerprint density at radius 3 is 2.43 bits per heavy atom. The van der Waals surface area contributed by atoms with Gasteiger partial charge in [0.25, 0.3) is 0 Å². The van der Waals surface area contributed by atoms with Crippen LogP contribution in [0, 0.1) is 0 Å². The van der Waals surface area contributed by atoms with Crippen molar-refractivity contribution in [1.29, 1.82) is 0 Å². The van der Waals surface area contributed by atoms with Gasteiger partial charge >= 0.3 is 6.18 Å². The van der Waals surface area contributed by atoms with Gasteiger partial charge in [-0.15, -0.1) is 0 Å². The average molecular weight is 389 g/mol. The number of rotatable bonds is 6. The van der Waals surface area contributed by atoms with E-state index in [0.29, 0.717) is 12.6 Å². The first-order valence-electron chi connectivity index (χ1n) is 6.17. The van der Waals surface area contributed by atoms with Gasteiger partial charge in [-0.1, -0.05) is 22.9 Å². The third-order valence-electron chi connectivity index (χ3n) is 2.64. The molecule has 21 heavy (non-hydrogen) atoms. The van der Waals surface area contributed by atoms with E-state index in [1.54, 1.807) is 6.92 Å². The zero-order valence-electron chi connectivity index (χ0n) is 11.5. The van der Waals surface area contributed by atoms with Crippen molar-refractivity contribution in [1.82, 2.24) is 10.0 Å². The second kappa shape index (κ2) is 7.08. The van der Waals surface area contributed by atoms with Crippen LogP contribution in [0.25, 0.3) is 0 Å². The lowest BCUT2D eigenvalue weighted by Crippen LogP contribution is -2.38. The quantitative estimate of drug-likeness (QED) is 0.787. The molecular weight excluding hydrogens is 373 g/mol. The van der Waals surface area contributed by atoms with Crippen molar-refractivity contribution in [3.8, 4) is 0 Å². The highest BCUT2D eigenvalue weighted by Crippen LogP contribution is 2.33. The number of benzene rings is 1. The van der Waals surface area contributed by atoms with Crippen LogP contribution in [0.2, 0.25) is 0 Å². The topological polar surface area (TPSA) is 58.2 Å². The Bertz CT molecular complexity index is 591. The highest BCUT2D eigenvalue weighted by Gasteiger charge is 2.32. The molecule has 0 aromatic heterocycles. The summed E-state index contributed by atoms with van der Waals surface area (Å²) in [4.78, 5) is -0.423. The second-order valence-electron chi connectivity index (χ2n) is 4.48. The first kappa shape index (κ1) is 18.4. The highest BCUT2D eigenvalue weighted by molar-refractivity contribution is 9.10. The minimum Gasteiger partial charge on any atom is -0.313 e. The van der Waals surface area contributed by atoms with Gasteiger partial charge in [-0.2, -0.15) is 13.2 Å². The lowest BCUT2D eigenvalue weighted by Gasteiger charge is -2.15. The summed E-state index contributed by atoms with van der Waals surface area (Å²) < 4.78 is 64.5. The van der Waals surface area contributed by atoms with Gasteiger partial charge in [0, 0.05) is 17.1 Å². The zero-order chi connectivity index (χ0) is 16.3. The van der Waals surface area contributed by atoms with Crippen molar-refractivity contribution in [3.05, 3.63) is 28.2 Å². The van der Waals surface area contributed by atoms with Crippen LogP contribution in [0.4, 0.5) is 13.2 Å². The number of hydrogen-bond acceptors (Lipinski definition) is 3. The monoisotopic (exact) mass is 388 g/mol. The maximum absolute atomic E-state index is 12.7. The summed E-state index contributed by atoms with van der Waals surface area (Å²) in [5.41, 5.74) is -1.02. The van der Waals surface area contributed by atoms with Crippen LogP contribution in [0.3, 0.4) is 0 Å². The fourth-order valence-electron chi connectivity index (χ4n) is 1.62. The molecule has 0 aliphatic heterocycles. The minimum absolute atomic E-state index is 0.0532. The first-order valence-corrected chi connectivity index (χ1v) is 8.44.